The van der Waals surface area contributed by atoms with Crippen molar-refractivity contribution >= 4 is 11.0 Å². The Kier molecular flexibility index (Phi) is 2.80. The van der Waals surface area contributed by atoms with Crippen LogP contribution < -0.4 is 0 Å². The molecule has 0 bridgehead atoms. The first-order valence-electron chi connectivity index (χ1n) is 5.77. The molecule has 0 spiro atoms. The number of aliphatic hydroxyl groups is 1. The van der Waals surface area contributed by atoms with E-state index in [1.54, 1.807) is 18.2 Å². The zero-order chi connectivity index (χ0) is 13.4. The van der Waals surface area contributed by atoms with Crippen LogP contribution in [0.2, 0.25) is 0 Å². The van der Waals surface area contributed by atoms with Crippen LogP contribution in [0, 0.1) is 11.6 Å². The molecule has 0 saturated heterocycles. The fourth-order valence-electron chi connectivity index (χ4n) is 2.03. The van der Waals surface area contributed by atoms with Crippen molar-refractivity contribution in [1.29, 1.82) is 0 Å². The first-order chi connectivity index (χ1) is 9.16. The maximum absolute atomic E-state index is 13.6. The molecule has 1 N–H and O–H groups in total. The minimum atomic E-state index is -1.26. The monoisotopic (exact) mass is 260 g/mol. The van der Waals surface area contributed by atoms with Crippen LogP contribution in [0.4, 0.5) is 8.78 Å². The summed E-state index contributed by atoms with van der Waals surface area (Å²) in [6, 6.07) is 11.9. The van der Waals surface area contributed by atoms with Crippen LogP contribution in [0.15, 0.2) is 52.9 Å². The summed E-state index contributed by atoms with van der Waals surface area (Å²) in [5.41, 5.74) is 0.162. The highest BCUT2D eigenvalue weighted by molar-refractivity contribution is 5.78. The number of para-hydroxylation sites is 1. The summed E-state index contributed by atoms with van der Waals surface area (Å²) in [5, 5.41) is 10.6. The summed E-state index contributed by atoms with van der Waals surface area (Å²) in [6.45, 7) is 0. The second-order valence-corrected chi connectivity index (χ2v) is 4.23. The van der Waals surface area contributed by atoms with Crippen molar-refractivity contribution in [3.63, 3.8) is 0 Å². The molecule has 0 aliphatic heterocycles. The Morgan fingerprint density at radius 3 is 2.42 bits per heavy atom. The normalized spacial score (nSPS) is 12.8. The van der Waals surface area contributed by atoms with Crippen molar-refractivity contribution in [1.82, 2.24) is 0 Å². The number of fused-ring (bicyclic) bond motifs is 1. The smallest absolute Gasteiger partial charge is 0.170 e. The average Bonchev–Trinajstić information content (AvgIpc) is 2.84. The van der Waals surface area contributed by atoms with Crippen molar-refractivity contribution < 1.29 is 18.3 Å². The first-order valence-corrected chi connectivity index (χ1v) is 5.77. The molecule has 0 aliphatic rings. The van der Waals surface area contributed by atoms with E-state index in [4.69, 9.17) is 4.42 Å². The first kappa shape index (κ1) is 11.9. The molecule has 1 atom stereocenters. The molecule has 1 aromatic heterocycles. The zero-order valence-electron chi connectivity index (χ0n) is 9.81. The number of furan rings is 1. The molecular formula is C15H10F2O2. The van der Waals surface area contributed by atoms with Gasteiger partial charge in [0.05, 0.1) is 0 Å². The molecule has 0 radical (unpaired) electrons. The molecule has 2 aromatic carbocycles. The third-order valence-corrected chi connectivity index (χ3v) is 2.98. The van der Waals surface area contributed by atoms with Crippen molar-refractivity contribution in [3.05, 3.63) is 71.5 Å². The van der Waals surface area contributed by atoms with E-state index in [1.165, 1.54) is 30.3 Å². The minimum Gasteiger partial charge on any atom is -0.455 e. The third-order valence-electron chi connectivity index (χ3n) is 2.98. The lowest BCUT2D eigenvalue weighted by Crippen LogP contribution is -2.00. The lowest BCUT2D eigenvalue weighted by molar-refractivity contribution is 0.187. The molecule has 3 aromatic rings. The van der Waals surface area contributed by atoms with E-state index in [0.29, 0.717) is 5.39 Å². The Morgan fingerprint density at radius 1 is 0.947 bits per heavy atom. The molecule has 19 heavy (non-hydrogen) atoms. The molecule has 3 rings (SSSR count). The van der Waals surface area contributed by atoms with Gasteiger partial charge >= 0.3 is 0 Å². The molecule has 4 heteroatoms. The van der Waals surface area contributed by atoms with E-state index in [-0.39, 0.29) is 16.9 Å². The molecule has 0 amide bonds. The van der Waals surface area contributed by atoms with E-state index >= 15 is 0 Å². The van der Waals surface area contributed by atoms with Gasteiger partial charge in [0.2, 0.25) is 0 Å². The molecule has 0 saturated carbocycles. The van der Waals surface area contributed by atoms with Gasteiger partial charge in [-0.3, -0.25) is 0 Å². The van der Waals surface area contributed by atoms with Crippen LogP contribution >= 0.6 is 0 Å². The fraction of sp³-hybridized carbons (Fsp3) is 0.0667. The maximum Gasteiger partial charge on any atom is 0.170 e. The Labute approximate surface area is 107 Å². The van der Waals surface area contributed by atoms with Crippen molar-refractivity contribution in [2.45, 2.75) is 6.10 Å². The van der Waals surface area contributed by atoms with Gasteiger partial charge in [0.25, 0.3) is 0 Å². The summed E-state index contributed by atoms with van der Waals surface area (Å²) in [4.78, 5) is 0. The fourth-order valence-corrected chi connectivity index (χ4v) is 2.03. The van der Waals surface area contributed by atoms with Crippen molar-refractivity contribution in [3.8, 4) is 0 Å². The van der Waals surface area contributed by atoms with E-state index in [1.807, 2.05) is 0 Å². The number of benzene rings is 2. The van der Waals surface area contributed by atoms with Crippen LogP contribution in [0.1, 0.15) is 17.4 Å². The van der Waals surface area contributed by atoms with E-state index < -0.39 is 17.7 Å². The number of aliphatic hydroxyl groups excluding tert-OH is 1. The molecule has 96 valence electrons. The quantitative estimate of drug-likeness (QED) is 0.760. The van der Waals surface area contributed by atoms with Gasteiger partial charge in [0, 0.05) is 10.9 Å². The van der Waals surface area contributed by atoms with Crippen LogP contribution in [0.5, 0.6) is 0 Å². The topological polar surface area (TPSA) is 33.4 Å². The summed E-state index contributed by atoms with van der Waals surface area (Å²) in [7, 11) is 0. The third kappa shape index (κ3) is 2.00. The minimum absolute atomic E-state index is 0.0629. The molecule has 1 unspecified atom stereocenters. The molecule has 0 fully saturated rings. The van der Waals surface area contributed by atoms with Crippen LogP contribution in [-0.4, -0.2) is 5.11 Å². The highest BCUT2D eigenvalue weighted by Crippen LogP contribution is 2.30. The zero-order valence-corrected chi connectivity index (χ0v) is 9.81. The van der Waals surface area contributed by atoms with Gasteiger partial charge in [-0.05, 0) is 18.2 Å². The van der Waals surface area contributed by atoms with Gasteiger partial charge in [-0.15, -0.1) is 0 Å². The second kappa shape index (κ2) is 4.48. The average molecular weight is 260 g/mol. The molecule has 2 nitrogen and oxygen atoms in total. The van der Waals surface area contributed by atoms with Crippen LogP contribution in [0.3, 0.4) is 0 Å². The number of hydrogen-bond acceptors (Lipinski definition) is 2. The van der Waals surface area contributed by atoms with Crippen molar-refractivity contribution in [2.24, 2.45) is 0 Å². The highest BCUT2D eigenvalue weighted by atomic mass is 19.1. The van der Waals surface area contributed by atoms with E-state index in [2.05, 4.69) is 0 Å². The van der Waals surface area contributed by atoms with Crippen molar-refractivity contribution in [2.75, 3.05) is 0 Å². The van der Waals surface area contributed by atoms with E-state index in [9.17, 15) is 13.9 Å². The number of rotatable bonds is 2. The summed E-state index contributed by atoms with van der Waals surface area (Å²) in [6.07, 6.45) is -1.26. The molecule has 1 heterocycles. The summed E-state index contributed by atoms with van der Waals surface area (Å²) >= 11 is 0. The Bertz CT molecular complexity index is 734. The predicted octanol–water partition coefficient (Wildman–Crippen LogP) is 3.79. The van der Waals surface area contributed by atoms with Crippen LogP contribution in [-0.2, 0) is 0 Å². The Hall–Kier alpha value is -2.20. The predicted molar refractivity (Wildman–Crippen MR) is 66.6 cm³/mol. The largest absolute Gasteiger partial charge is 0.455 e. The van der Waals surface area contributed by atoms with Gasteiger partial charge in [-0.25, -0.2) is 8.78 Å². The van der Waals surface area contributed by atoms with Crippen LogP contribution in [0.25, 0.3) is 11.0 Å². The number of halogens is 2. The number of hydrogen-bond donors (Lipinski definition) is 1. The van der Waals surface area contributed by atoms with E-state index in [0.717, 1.165) is 0 Å². The SMILES string of the molecule is OC(c1cc2cccc(F)c2o1)c1ccccc1F. The Morgan fingerprint density at radius 2 is 1.68 bits per heavy atom. The Balaban J connectivity index is 2.10. The molecule has 0 aliphatic carbocycles. The summed E-state index contributed by atoms with van der Waals surface area (Å²) in [5.74, 6) is -0.925. The van der Waals surface area contributed by atoms with Gasteiger partial charge in [-0.2, -0.15) is 0 Å². The molecular weight excluding hydrogens is 250 g/mol. The van der Waals surface area contributed by atoms with Gasteiger partial charge in [-0.1, -0.05) is 30.3 Å². The lowest BCUT2D eigenvalue weighted by Gasteiger charge is -2.08. The van der Waals surface area contributed by atoms with Gasteiger partial charge in [0.1, 0.15) is 17.7 Å². The second-order valence-electron chi connectivity index (χ2n) is 4.23. The standard InChI is InChI=1S/C15H10F2O2/c16-11-6-2-1-5-10(11)14(18)13-8-9-4-3-7-12(17)15(9)19-13/h1-8,14,18H. The highest BCUT2D eigenvalue weighted by Gasteiger charge is 2.19. The summed E-state index contributed by atoms with van der Waals surface area (Å²) < 4.78 is 32.4. The lowest BCUT2D eigenvalue weighted by atomic mass is 10.1. The maximum atomic E-state index is 13.6. The van der Waals surface area contributed by atoms with Gasteiger partial charge < -0.3 is 9.52 Å². The van der Waals surface area contributed by atoms with Gasteiger partial charge in [0.15, 0.2) is 11.4 Å².